The number of nitrogens with one attached hydrogen (secondary N) is 2. The first-order valence-electron chi connectivity index (χ1n) is 10.2. The third kappa shape index (κ3) is 11.8. The van der Waals surface area contributed by atoms with Gasteiger partial charge in [0.15, 0.2) is 0 Å². The van der Waals surface area contributed by atoms with Crippen LogP contribution in [0.3, 0.4) is 0 Å². The molecule has 0 aromatic carbocycles. The summed E-state index contributed by atoms with van der Waals surface area (Å²) in [5.41, 5.74) is 0. The van der Waals surface area contributed by atoms with Gasteiger partial charge < -0.3 is 14.4 Å². The fraction of sp³-hybridized carbons (Fsp3) is 0.842. The van der Waals surface area contributed by atoms with Gasteiger partial charge in [0.05, 0.1) is 12.7 Å². The second-order valence-electron chi connectivity index (χ2n) is 7.25. The van der Waals surface area contributed by atoms with Crippen molar-refractivity contribution in [1.82, 2.24) is 14.3 Å². The minimum atomic E-state index is -3.68. The molecule has 0 aliphatic heterocycles. The Hall–Kier alpha value is -1.00. The lowest BCUT2D eigenvalue weighted by molar-refractivity contribution is -0.141. The van der Waals surface area contributed by atoms with Crippen LogP contribution in [-0.2, 0) is 24.5 Å². The Balaban J connectivity index is 2.11. The molecule has 1 saturated carbocycles. The van der Waals surface area contributed by atoms with E-state index in [9.17, 15) is 13.2 Å². The number of likely N-dealkylation sites (N-methyl/N-ethyl adjacent to an activating group) is 1. The topological polar surface area (TPSA) is 97.0 Å². The maximum Gasteiger partial charge on any atom is 0.321 e. The molecule has 0 unspecified atom stereocenters. The van der Waals surface area contributed by atoms with Crippen molar-refractivity contribution in [3.05, 3.63) is 12.7 Å². The zero-order chi connectivity index (χ0) is 20.8. The molecule has 0 bridgehead atoms. The Kier molecular flexibility index (Phi) is 12.6. The summed E-state index contributed by atoms with van der Waals surface area (Å²) in [7, 11) is -1.59. The number of hydrogen-bond acceptors (Lipinski definition) is 6. The van der Waals surface area contributed by atoms with E-state index in [1.54, 1.807) is 6.92 Å². The molecule has 0 aromatic rings. The Labute approximate surface area is 170 Å². The predicted molar refractivity (Wildman–Crippen MR) is 110 cm³/mol. The van der Waals surface area contributed by atoms with Crippen molar-refractivity contribution in [2.24, 2.45) is 5.92 Å². The average Bonchev–Trinajstić information content (AvgIpc) is 2.66. The summed E-state index contributed by atoms with van der Waals surface area (Å²) >= 11 is 0. The molecule has 2 N–H and O–H groups in total. The van der Waals surface area contributed by atoms with Crippen molar-refractivity contribution >= 4 is 16.2 Å². The van der Waals surface area contributed by atoms with Gasteiger partial charge in [0, 0.05) is 19.7 Å². The van der Waals surface area contributed by atoms with E-state index < -0.39 is 16.2 Å². The van der Waals surface area contributed by atoms with Crippen LogP contribution in [0.2, 0.25) is 0 Å². The van der Waals surface area contributed by atoms with E-state index in [1.807, 2.05) is 6.08 Å². The highest BCUT2D eigenvalue weighted by atomic mass is 32.2. The van der Waals surface area contributed by atoms with Gasteiger partial charge >= 0.3 is 5.97 Å². The van der Waals surface area contributed by atoms with Gasteiger partial charge in [0.1, 0.15) is 6.54 Å². The smallest absolute Gasteiger partial charge is 0.321 e. The van der Waals surface area contributed by atoms with Crippen LogP contribution in [0.15, 0.2) is 12.7 Å². The molecule has 28 heavy (non-hydrogen) atoms. The van der Waals surface area contributed by atoms with Gasteiger partial charge in [-0.3, -0.25) is 4.79 Å². The summed E-state index contributed by atoms with van der Waals surface area (Å²) in [4.78, 5) is 13.5. The fourth-order valence-electron chi connectivity index (χ4n) is 3.19. The van der Waals surface area contributed by atoms with Crippen molar-refractivity contribution in [3.63, 3.8) is 0 Å². The van der Waals surface area contributed by atoms with Crippen LogP contribution in [0.4, 0.5) is 0 Å². The minimum Gasteiger partial charge on any atom is -0.465 e. The number of carbonyl (C=O) groups is 1. The van der Waals surface area contributed by atoms with E-state index in [-0.39, 0.29) is 19.3 Å². The number of unbranched alkanes of at least 4 members (excludes halogenated alkanes) is 1. The maximum atomic E-state index is 11.9. The third-order valence-corrected chi connectivity index (χ3v) is 5.87. The Morgan fingerprint density at radius 3 is 2.57 bits per heavy atom. The van der Waals surface area contributed by atoms with Gasteiger partial charge in [0.25, 0.3) is 10.2 Å². The number of rotatable bonds is 15. The quantitative estimate of drug-likeness (QED) is 0.237. The van der Waals surface area contributed by atoms with Gasteiger partial charge in [-0.25, -0.2) is 4.72 Å². The lowest BCUT2D eigenvalue weighted by Gasteiger charge is -2.28. The second kappa shape index (κ2) is 14.1. The maximum absolute atomic E-state index is 11.9. The van der Waals surface area contributed by atoms with E-state index in [4.69, 9.17) is 9.47 Å². The molecule has 0 radical (unpaired) electrons. The lowest BCUT2D eigenvalue weighted by atomic mass is 9.87. The van der Waals surface area contributed by atoms with E-state index in [1.165, 1.54) is 0 Å². The van der Waals surface area contributed by atoms with Crippen LogP contribution in [-0.4, -0.2) is 71.8 Å². The van der Waals surface area contributed by atoms with E-state index in [0.29, 0.717) is 12.5 Å². The average molecular weight is 420 g/mol. The lowest BCUT2D eigenvalue weighted by Crippen LogP contribution is -2.42. The van der Waals surface area contributed by atoms with Gasteiger partial charge in [0.2, 0.25) is 0 Å². The summed E-state index contributed by atoms with van der Waals surface area (Å²) in [6.07, 6.45) is 8.14. The standard InChI is InChI=1S/C19H37N3O5S/c1-4-12-22(3)13-6-7-14-27-18-10-8-17(9-11-18)15-20-28(24,25)21-16-19(23)26-5-2/h4,17-18,20-21H,1,5-16H2,2-3H3. The molecule has 0 heterocycles. The Morgan fingerprint density at radius 2 is 1.93 bits per heavy atom. The van der Waals surface area contributed by atoms with E-state index in [2.05, 4.69) is 28.0 Å². The molecular formula is C19H37N3O5S. The molecule has 0 saturated heterocycles. The van der Waals surface area contributed by atoms with Crippen molar-refractivity contribution in [3.8, 4) is 0 Å². The van der Waals surface area contributed by atoms with Crippen LogP contribution in [0.1, 0.15) is 45.4 Å². The number of hydrogen-bond donors (Lipinski definition) is 2. The normalized spacial score (nSPS) is 20.2. The Morgan fingerprint density at radius 1 is 1.21 bits per heavy atom. The number of ether oxygens (including phenoxy) is 2. The van der Waals surface area contributed by atoms with Gasteiger partial charge in [-0.15, -0.1) is 6.58 Å². The van der Waals surface area contributed by atoms with Crippen LogP contribution in [0.25, 0.3) is 0 Å². The zero-order valence-electron chi connectivity index (χ0n) is 17.3. The second-order valence-corrected chi connectivity index (χ2v) is 8.83. The molecule has 1 aliphatic rings. The number of nitrogens with zero attached hydrogens (tertiary/aromatic N) is 1. The largest absolute Gasteiger partial charge is 0.465 e. The van der Waals surface area contributed by atoms with Crippen LogP contribution >= 0.6 is 0 Å². The molecule has 0 aromatic heterocycles. The highest BCUT2D eigenvalue weighted by Gasteiger charge is 2.23. The molecular weight excluding hydrogens is 382 g/mol. The van der Waals surface area contributed by atoms with Crippen molar-refractivity contribution in [1.29, 1.82) is 0 Å². The number of esters is 1. The zero-order valence-corrected chi connectivity index (χ0v) is 18.1. The van der Waals surface area contributed by atoms with Crippen LogP contribution < -0.4 is 9.44 Å². The summed E-state index contributed by atoms with van der Waals surface area (Å²) in [5, 5.41) is 0. The van der Waals surface area contributed by atoms with E-state index >= 15 is 0 Å². The molecule has 1 aliphatic carbocycles. The Bertz CT molecular complexity index is 548. The predicted octanol–water partition coefficient (Wildman–Crippen LogP) is 1.45. The molecule has 164 valence electrons. The highest BCUT2D eigenvalue weighted by Crippen LogP contribution is 2.26. The molecule has 8 nitrogen and oxygen atoms in total. The van der Waals surface area contributed by atoms with Crippen LogP contribution in [0.5, 0.6) is 0 Å². The van der Waals surface area contributed by atoms with Gasteiger partial charge in [-0.2, -0.15) is 13.1 Å². The monoisotopic (exact) mass is 419 g/mol. The van der Waals surface area contributed by atoms with E-state index in [0.717, 1.165) is 58.2 Å². The summed E-state index contributed by atoms with van der Waals surface area (Å²) in [5.74, 6) is -0.288. The first kappa shape index (κ1) is 25.0. The first-order chi connectivity index (χ1) is 13.4. The highest BCUT2D eigenvalue weighted by molar-refractivity contribution is 7.87. The van der Waals surface area contributed by atoms with Crippen molar-refractivity contribution < 1.29 is 22.7 Å². The van der Waals surface area contributed by atoms with Gasteiger partial charge in [-0.1, -0.05) is 6.08 Å². The molecule has 0 atom stereocenters. The SMILES string of the molecule is C=CCN(C)CCCCOC1CCC(CNS(=O)(=O)NCC(=O)OCC)CC1. The molecule has 1 rings (SSSR count). The summed E-state index contributed by atoms with van der Waals surface area (Å²) in [6, 6.07) is 0. The summed E-state index contributed by atoms with van der Waals surface area (Å²) in [6.45, 7) is 8.40. The molecule has 1 fully saturated rings. The molecule has 0 spiro atoms. The molecule has 0 amide bonds. The number of carbonyl (C=O) groups excluding carboxylic acids is 1. The van der Waals surface area contributed by atoms with Crippen molar-refractivity contribution in [2.45, 2.75) is 51.6 Å². The van der Waals surface area contributed by atoms with Gasteiger partial charge in [-0.05, 0) is 65.0 Å². The van der Waals surface area contributed by atoms with Crippen LogP contribution in [0, 0.1) is 5.92 Å². The molecule has 9 heteroatoms. The minimum absolute atomic E-state index is 0.228. The summed E-state index contributed by atoms with van der Waals surface area (Å²) < 4.78 is 39.1. The fourth-order valence-corrected chi connectivity index (χ4v) is 4.06. The third-order valence-electron chi connectivity index (χ3n) is 4.80. The van der Waals surface area contributed by atoms with Crippen molar-refractivity contribution in [2.75, 3.05) is 46.4 Å². The first-order valence-corrected chi connectivity index (χ1v) is 11.7.